The number of amides is 1. The molecule has 22 heavy (non-hydrogen) atoms. The molecular formula is C15H11ClN2O3S. The zero-order valence-electron chi connectivity index (χ0n) is 11.4. The van der Waals surface area contributed by atoms with Gasteiger partial charge < -0.3 is 4.90 Å². The highest BCUT2D eigenvalue weighted by atomic mass is 35.5. The summed E-state index contributed by atoms with van der Waals surface area (Å²) in [6, 6.07) is 11.6. The van der Waals surface area contributed by atoms with E-state index in [9.17, 15) is 14.9 Å². The van der Waals surface area contributed by atoms with E-state index in [4.69, 9.17) is 11.6 Å². The van der Waals surface area contributed by atoms with Crippen molar-refractivity contribution in [3.8, 4) is 0 Å². The number of non-ortho nitro benzene ring substituents is 1. The van der Waals surface area contributed by atoms with E-state index in [1.165, 1.54) is 18.2 Å². The first-order valence-electron chi connectivity index (χ1n) is 6.55. The molecule has 112 valence electrons. The monoisotopic (exact) mass is 334 g/mol. The van der Waals surface area contributed by atoms with Crippen LogP contribution in [0.5, 0.6) is 0 Å². The van der Waals surface area contributed by atoms with Crippen molar-refractivity contribution in [1.82, 2.24) is 0 Å². The van der Waals surface area contributed by atoms with E-state index in [-0.39, 0.29) is 22.2 Å². The number of nitro groups is 1. The molecule has 7 heteroatoms. The number of hydrogen-bond acceptors (Lipinski definition) is 4. The number of nitro benzene ring substituents is 1. The molecule has 0 unspecified atom stereocenters. The number of hydrogen-bond donors (Lipinski definition) is 0. The summed E-state index contributed by atoms with van der Waals surface area (Å²) < 4.78 is 0. The topological polar surface area (TPSA) is 63.4 Å². The predicted octanol–water partition coefficient (Wildman–Crippen LogP) is 4.00. The van der Waals surface area contributed by atoms with Gasteiger partial charge in [0.05, 0.1) is 21.2 Å². The van der Waals surface area contributed by atoms with Crippen LogP contribution in [0.3, 0.4) is 0 Å². The van der Waals surface area contributed by atoms with Gasteiger partial charge in [-0.1, -0.05) is 23.7 Å². The maximum Gasteiger partial charge on any atom is 0.270 e. The molecular weight excluding hydrogens is 324 g/mol. The molecule has 1 amide bonds. The first-order chi connectivity index (χ1) is 10.6. The van der Waals surface area contributed by atoms with Crippen LogP contribution in [0, 0.1) is 10.1 Å². The maximum absolute atomic E-state index is 12.7. The fourth-order valence-corrected chi connectivity index (χ4v) is 3.57. The highest BCUT2D eigenvalue weighted by Crippen LogP contribution is 2.36. The van der Waals surface area contributed by atoms with Crippen molar-refractivity contribution < 1.29 is 9.72 Å². The second-order valence-electron chi connectivity index (χ2n) is 4.69. The number of benzene rings is 2. The van der Waals surface area contributed by atoms with Crippen molar-refractivity contribution in [2.45, 2.75) is 4.90 Å². The van der Waals surface area contributed by atoms with E-state index in [0.717, 1.165) is 16.3 Å². The lowest BCUT2D eigenvalue weighted by molar-refractivity contribution is -0.384. The summed E-state index contributed by atoms with van der Waals surface area (Å²) in [5.74, 6) is 0.556. The minimum Gasteiger partial charge on any atom is -0.306 e. The highest BCUT2D eigenvalue weighted by Gasteiger charge is 2.25. The normalized spacial score (nSPS) is 13.6. The van der Waals surface area contributed by atoms with E-state index >= 15 is 0 Å². The Bertz CT molecular complexity index is 766. The van der Waals surface area contributed by atoms with Crippen molar-refractivity contribution in [2.24, 2.45) is 0 Å². The van der Waals surface area contributed by atoms with E-state index in [1.54, 1.807) is 16.7 Å². The molecule has 1 heterocycles. The zero-order chi connectivity index (χ0) is 15.7. The Balaban J connectivity index is 1.97. The van der Waals surface area contributed by atoms with Crippen LogP contribution in [0.25, 0.3) is 0 Å². The molecule has 5 nitrogen and oxygen atoms in total. The Morgan fingerprint density at radius 3 is 2.77 bits per heavy atom. The Morgan fingerprint density at radius 1 is 1.27 bits per heavy atom. The number of nitrogens with zero attached hydrogens (tertiary/aromatic N) is 2. The van der Waals surface area contributed by atoms with Gasteiger partial charge in [0, 0.05) is 29.3 Å². The smallest absolute Gasteiger partial charge is 0.270 e. The van der Waals surface area contributed by atoms with Crippen LogP contribution in [0.15, 0.2) is 47.4 Å². The third-order valence-corrected chi connectivity index (χ3v) is 4.72. The first kappa shape index (κ1) is 14.9. The molecule has 0 saturated heterocycles. The van der Waals surface area contributed by atoms with E-state index in [0.29, 0.717) is 6.54 Å². The number of fused-ring (bicyclic) bond motifs is 1. The lowest BCUT2D eigenvalue weighted by atomic mass is 10.1. The van der Waals surface area contributed by atoms with Gasteiger partial charge in [-0.15, -0.1) is 11.8 Å². The summed E-state index contributed by atoms with van der Waals surface area (Å²) in [4.78, 5) is 25.6. The number of para-hydroxylation sites is 1. The summed E-state index contributed by atoms with van der Waals surface area (Å²) in [5, 5.41) is 10.8. The third kappa shape index (κ3) is 2.67. The largest absolute Gasteiger partial charge is 0.306 e. The van der Waals surface area contributed by atoms with Crippen molar-refractivity contribution in [2.75, 3.05) is 17.2 Å². The lowest BCUT2D eigenvalue weighted by Gasteiger charge is -2.29. The van der Waals surface area contributed by atoms with Crippen LogP contribution in [-0.4, -0.2) is 23.1 Å². The Labute approximate surface area is 136 Å². The SMILES string of the molecule is O=C(c1ccc([N+](=O)[O-])cc1Cl)N1CCSc2ccccc21. The zero-order valence-corrected chi connectivity index (χ0v) is 12.9. The second-order valence-corrected chi connectivity index (χ2v) is 6.24. The van der Waals surface area contributed by atoms with Gasteiger partial charge in [0.25, 0.3) is 11.6 Å². The number of carbonyl (C=O) groups is 1. The highest BCUT2D eigenvalue weighted by molar-refractivity contribution is 7.99. The third-order valence-electron chi connectivity index (χ3n) is 3.37. The molecule has 0 spiro atoms. The number of carbonyl (C=O) groups excluding carboxylic acids is 1. The van der Waals surface area contributed by atoms with Crippen LogP contribution < -0.4 is 4.90 Å². The molecule has 0 aromatic heterocycles. The van der Waals surface area contributed by atoms with Gasteiger partial charge in [-0.3, -0.25) is 14.9 Å². The first-order valence-corrected chi connectivity index (χ1v) is 7.92. The van der Waals surface area contributed by atoms with Gasteiger partial charge >= 0.3 is 0 Å². The van der Waals surface area contributed by atoms with Gasteiger partial charge in [0.2, 0.25) is 0 Å². The lowest BCUT2D eigenvalue weighted by Crippen LogP contribution is -2.35. The number of halogens is 1. The second kappa shape index (κ2) is 5.98. The van der Waals surface area contributed by atoms with Gasteiger partial charge in [0.15, 0.2) is 0 Å². The fraction of sp³-hybridized carbons (Fsp3) is 0.133. The van der Waals surface area contributed by atoms with Crippen LogP contribution in [-0.2, 0) is 0 Å². The van der Waals surface area contributed by atoms with E-state index in [1.807, 2.05) is 24.3 Å². The Morgan fingerprint density at radius 2 is 2.05 bits per heavy atom. The Hall–Kier alpha value is -2.05. The van der Waals surface area contributed by atoms with Crippen molar-refractivity contribution in [3.63, 3.8) is 0 Å². The quantitative estimate of drug-likeness (QED) is 0.615. The standard InChI is InChI=1S/C15H11ClN2O3S/c16-12-9-10(18(20)21)5-6-11(12)15(19)17-7-8-22-14-4-2-1-3-13(14)17/h1-6,9H,7-8H2. The molecule has 1 aliphatic heterocycles. The fourth-order valence-electron chi connectivity index (χ4n) is 2.32. The molecule has 0 saturated carbocycles. The summed E-state index contributed by atoms with van der Waals surface area (Å²) in [6.45, 7) is 0.577. The van der Waals surface area contributed by atoms with Crippen LogP contribution in [0.2, 0.25) is 5.02 Å². The van der Waals surface area contributed by atoms with Crippen LogP contribution in [0.1, 0.15) is 10.4 Å². The molecule has 2 aromatic rings. The van der Waals surface area contributed by atoms with Gasteiger partial charge in [-0.25, -0.2) is 0 Å². The summed E-state index contributed by atoms with van der Waals surface area (Å²) in [7, 11) is 0. The minimum absolute atomic E-state index is 0.0925. The predicted molar refractivity (Wildman–Crippen MR) is 86.9 cm³/mol. The van der Waals surface area contributed by atoms with Crippen molar-refractivity contribution in [1.29, 1.82) is 0 Å². The van der Waals surface area contributed by atoms with Gasteiger partial charge in [-0.2, -0.15) is 0 Å². The Kier molecular flexibility index (Phi) is 4.04. The molecule has 0 aliphatic carbocycles. The molecule has 0 N–H and O–H groups in total. The molecule has 0 atom stereocenters. The van der Waals surface area contributed by atoms with Crippen molar-refractivity contribution >= 4 is 40.6 Å². The average molecular weight is 335 g/mol. The van der Waals surface area contributed by atoms with Crippen LogP contribution in [0.4, 0.5) is 11.4 Å². The minimum atomic E-state index is -0.535. The van der Waals surface area contributed by atoms with E-state index < -0.39 is 4.92 Å². The maximum atomic E-state index is 12.7. The average Bonchev–Trinajstić information content (AvgIpc) is 2.53. The summed E-state index contributed by atoms with van der Waals surface area (Å²) >= 11 is 7.76. The van der Waals surface area contributed by atoms with Crippen LogP contribution >= 0.6 is 23.4 Å². The van der Waals surface area contributed by atoms with Gasteiger partial charge in [0.1, 0.15) is 0 Å². The molecule has 2 aromatic carbocycles. The molecule has 0 radical (unpaired) electrons. The summed E-state index contributed by atoms with van der Waals surface area (Å²) in [5.41, 5.74) is 0.989. The molecule has 3 rings (SSSR count). The van der Waals surface area contributed by atoms with Crippen molar-refractivity contribution in [3.05, 3.63) is 63.2 Å². The molecule has 1 aliphatic rings. The van der Waals surface area contributed by atoms with Gasteiger partial charge in [-0.05, 0) is 18.2 Å². The molecule has 0 fully saturated rings. The summed E-state index contributed by atoms with van der Waals surface area (Å²) in [6.07, 6.45) is 0. The molecule has 0 bridgehead atoms. The number of rotatable bonds is 2. The van der Waals surface area contributed by atoms with E-state index in [2.05, 4.69) is 0 Å². The number of anilines is 1. The number of thioether (sulfide) groups is 1.